The van der Waals surface area contributed by atoms with Crippen molar-refractivity contribution in [3.8, 4) is 0 Å². The second-order valence-electron chi connectivity index (χ2n) is 10.2. The van der Waals surface area contributed by atoms with E-state index in [9.17, 15) is 9.59 Å². The molecule has 0 unspecified atom stereocenters. The van der Waals surface area contributed by atoms with Crippen LogP contribution >= 0.6 is 0 Å². The fourth-order valence-electron chi connectivity index (χ4n) is 5.89. The molecule has 4 nitrogen and oxygen atoms in total. The molecule has 0 bridgehead atoms. The first kappa shape index (κ1) is 23.5. The number of hydrogen-bond acceptors (Lipinski definition) is 3. The quantitative estimate of drug-likeness (QED) is 0.478. The van der Waals surface area contributed by atoms with Gasteiger partial charge in [0.25, 0.3) is 5.91 Å². The highest BCUT2D eigenvalue weighted by Gasteiger charge is 2.64. The SMILES string of the molecule is CC1=C[C@H]2/C=C\C[C@@H](C)CCCC/C=C\C(=O)O[C@@]23C(=O)N[C@H](Cc2ccccc2)[C@@H]3[C@H]1C. The molecule has 1 saturated heterocycles. The van der Waals surface area contributed by atoms with Gasteiger partial charge in [-0.25, -0.2) is 4.79 Å². The van der Waals surface area contributed by atoms with Crippen LogP contribution in [0.3, 0.4) is 0 Å². The van der Waals surface area contributed by atoms with E-state index in [0.717, 1.165) is 32.1 Å². The van der Waals surface area contributed by atoms with Crippen LogP contribution in [0, 0.1) is 23.7 Å². The molecule has 1 spiro atoms. The van der Waals surface area contributed by atoms with E-state index >= 15 is 0 Å². The number of carbonyl (C=O) groups excluding carboxylic acids is 2. The van der Waals surface area contributed by atoms with Gasteiger partial charge in [0, 0.05) is 24.0 Å². The molecule has 4 rings (SSSR count). The predicted molar refractivity (Wildman–Crippen MR) is 131 cm³/mol. The van der Waals surface area contributed by atoms with Crippen molar-refractivity contribution in [1.82, 2.24) is 5.32 Å². The van der Waals surface area contributed by atoms with Crippen LogP contribution in [0.4, 0.5) is 0 Å². The summed E-state index contributed by atoms with van der Waals surface area (Å²) in [4.78, 5) is 26.7. The Labute approximate surface area is 198 Å². The van der Waals surface area contributed by atoms with Crippen LogP contribution in [0.25, 0.3) is 0 Å². The van der Waals surface area contributed by atoms with Gasteiger partial charge in [0.05, 0.1) is 0 Å². The lowest BCUT2D eigenvalue weighted by atomic mass is 9.63. The first-order valence-corrected chi connectivity index (χ1v) is 12.5. The molecule has 1 aromatic rings. The number of hydrogen-bond donors (Lipinski definition) is 1. The molecule has 3 aliphatic rings. The van der Waals surface area contributed by atoms with Gasteiger partial charge in [-0.2, -0.15) is 0 Å². The Hall–Kier alpha value is -2.62. The molecule has 2 heterocycles. The highest BCUT2D eigenvalue weighted by Crippen LogP contribution is 2.50. The number of nitrogens with one attached hydrogen (secondary N) is 1. The van der Waals surface area contributed by atoms with E-state index in [1.54, 1.807) is 0 Å². The Morgan fingerprint density at radius 2 is 1.88 bits per heavy atom. The molecule has 1 fully saturated rings. The summed E-state index contributed by atoms with van der Waals surface area (Å²) in [5.74, 6) is -0.269. The Morgan fingerprint density at radius 3 is 2.67 bits per heavy atom. The Balaban J connectivity index is 1.75. The number of benzene rings is 1. The standard InChI is InChI=1S/C29H37NO3/c1-20-12-7-4-5-10-17-26(31)33-29-24(16-11-13-20)18-21(2)22(3)27(29)25(30-28(29)32)19-23-14-8-6-9-15-23/h6,8-11,14-18,20,22,24-25,27H,4-5,7,12-13,19H2,1-3H3,(H,30,32)/b16-11-,17-10-/t20-,22-,24+,25+,27-,29-/m0/s1. The topological polar surface area (TPSA) is 55.4 Å². The molecular weight excluding hydrogens is 410 g/mol. The van der Waals surface area contributed by atoms with Gasteiger partial charge in [-0.3, -0.25) is 4.79 Å². The van der Waals surface area contributed by atoms with Crippen LogP contribution < -0.4 is 5.32 Å². The largest absolute Gasteiger partial charge is 0.444 e. The van der Waals surface area contributed by atoms with Crippen molar-refractivity contribution < 1.29 is 14.3 Å². The van der Waals surface area contributed by atoms with Crippen LogP contribution in [0.1, 0.15) is 58.4 Å². The summed E-state index contributed by atoms with van der Waals surface area (Å²) in [5.41, 5.74) is 1.21. The zero-order chi connectivity index (χ0) is 23.4. The molecule has 2 aliphatic heterocycles. The number of amides is 1. The summed E-state index contributed by atoms with van der Waals surface area (Å²) in [6.45, 7) is 6.58. The molecule has 0 aromatic heterocycles. The van der Waals surface area contributed by atoms with Crippen LogP contribution in [0.15, 0.2) is 66.3 Å². The third-order valence-corrected chi connectivity index (χ3v) is 7.82. The Kier molecular flexibility index (Phi) is 7.21. The minimum Gasteiger partial charge on any atom is -0.444 e. The lowest BCUT2D eigenvalue weighted by molar-refractivity contribution is -0.172. The van der Waals surface area contributed by atoms with E-state index in [-0.39, 0.29) is 29.7 Å². The highest BCUT2D eigenvalue weighted by atomic mass is 16.6. The van der Waals surface area contributed by atoms with Gasteiger partial charge in [-0.05, 0) is 50.0 Å². The lowest BCUT2D eigenvalue weighted by Gasteiger charge is -2.44. The highest BCUT2D eigenvalue weighted by molar-refractivity contribution is 5.94. The van der Waals surface area contributed by atoms with Crippen LogP contribution in [-0.4, -0.2) is 23.5 Å². The van der Waals surface area contributed by atoms with Crippen molar-refractivity contribution in [2.45, 2.75) is 70.9 Å². The van der Waals surface area contributed by atoms with Crippen LogP contribution in [0.5, 0.6) is 0 Å². The molecule has 33 heavy (non-hydrogen) atoms. The maximum Gasteiger partial charge on any atom is 0.331 e. The summed E-state index contributed by atoms with van der Waals surface area (Å²) in [5, 5.41) is 3.24. The number of allylic oxidation sites excluding steroid dienone is 3. The molecule has 1 aromatic carbocycles. The van der Waals surface area contributed by atoms with Crippen molar-refractivity contribution >= 4 is 11.9 Å². The van der Waals surface area contributed by atoms with E-state index in [2.05, 4.69) is 56.4 Å². The van der Waals surface area contributed by atoms with Gasteiger partial charge < -0.3 is 10.1 Å². The van der Waals surface area contributed by atoms with Crippen molar-refractivity contribution in [2.24, 2.45) is 23.7 Å². The van der Waals surface area contributed by atoms with Gasteiger partial charge >= 0.3 is 5.97 Å². The molecule has 1 N–H and O–H groups in total. The second-order valence-corrected chi connectivity index (χ2v) is 10.2. The summed E-state index contributed by atoms with van der Waals surface area (Å²) in [6.07, 6.45) is 15.8. The summed E-state index contributed by atoms with van der Waals surface area (Å²) in [7, 11) is 0. The molecule has 176 valence electrons. The van der Waals surface area contributed by atoms with E-state index in [4.69, 9.17) is 4.74 Å². The van der Waals surface area contributed by atoms with Gasteiger partial charge in [-0.15, -0.1) is 0 Å². The normalized spacial score (nSPS) is 36.9. The van der Waals surface area contributed by atoms with E-state index in [1.165, 1.54) is 23.6 Å². The van der Waals surface area contributed by atoms with Gasteiger partial charge in [-0.1, -0.05) is 86.9 Å². The molecule has 1 aliphatic carbocycles. The first-order chi connectivity index (χ1) is 15.9. The van der Waals surface area contributed by atoms with Gasteiger partial charge in [0.2, 0.25) is 5.60 Å². The molecule has 4 heteroatoms. The van der Waals surface area contributed by atoms with Crippen LogP contribution in [0.2, 0.25) is 0 Å². The van der Waals surface area contributed by atoms with Crippen LogP contribution in [-0.2, 0) is 20.7 Å². The average Bonchev–Trinajstić information content (AvgIpc) is 3.06. The monoisotopic (exact) mass is 447 g/mol. The minimum absolute atomic E-state index is 0.0935. The summed E-state index contributed by atoms with van der Waals surface area (Å²) >= 11 is 0. The molecule has 6 atom stereocenters. The third-order valence-electron chi connectivity index (χ3n) is 7.82. The fourth-order valence-corrected chi connectivity index (χ4v) is 5.89. The molecule has 1 amide bonds. The van der Waals surface area contributed by atoms with Crippen molar-refractivity contribution in [3.63, 3.8) is 0 Å². The van der Waals surface area contributed by atoms with Gasteiger partial charge in [0.15, 0.2) is 0 Å². The summed E-state index contributed by atoms with van der Waals surface area (Å²) in [6, 6.07) is 10.1. The minimum atomic E-state index is -1.22. The fraction of sp³-hybridized carbons (Fsp3) is 0.517. The molecule has 0 radical (unpaired) electrons. The maximum absolute atomic E-state index is 13.7. The van der Waals surface area contributed by atoms with E-state index in [1.807, 2.05) is 24.3 Å². The maximum atomic E-state index is 13.7. The number of carbonyl (C=O) groups is 2. The Bertz CT molecular complexity index is 947. The number of esters is 1. The zero-order valence-electron chi connectivity index (χ0n) is 20.1. The predicted octanol–water partition coefficient (Wildman–Crippen LogP) is 5.55. The van der Waals surface area contributed by atoms with Crippen molar-refractivity contribution in [1.29, 1.82) is 0 Å². The number of ether oxygens (including phenoxy) is 1. The molecular formula is C29H37NO3. The van der Waals surface area contributed by atoms with Crippen molar-refractivity contribution in [3.05, 3.63) is 71.8 Å². The average molecular weight is 448 g/mol. The molecule has 0 saturated carbocycles. The Morgan fingerprint density at radius 1 is 1.09 bits per heavy atom. The third kappa shape index (κ3) is 4.85. The first-order valence-electron chi connectivity index (χ1n) is 12.5. The lowest BCUT2D eigenvalue weighted by Crippen LogP contribution is -2.56. The van der Waals surface area contributed by atoms with E-state index < -0.39 is 11.6 Å². The van der Waals surface area contributed by atoms with E-state index in [0.29, 0.717) is 5.92 Å². The number of rotatable bonds is 2. The van der Waals surface area contributed by atoms with Gasteiger partial charge in [0.1, 0.15) is 0 Å². The smallest absolute Gasteiger partial charge is 0.331 e. The second kappa shape index (κ2) is 10.1. The summed E-state index contributed by atoms with van der Waals surface area (Å²) < 4.78 is 6.20. The zero-order valence-corrected chi connectivity index (χ0v) is 20.1. The van der Waals surface area contributed by atoms with Crippen molar-refractivity contribution in [2.75, 3.05) is 0 Å².